The second-order valence-corrected chi connectivity index (χ2v) is 8.06. The van der Waals surface area contributed by atoms with E-state index in [0.717, 1.165) is 28.4 Å². The topological polar surface area (TPSA) is 112 Å². The summed E-state index contributed by atoms with van der Waals surface area (Å²) in [5, 5.41) is 12.1. The monoisotopic (exact) mass is 474 g/mol. The number of thioether (sulfide) groups is 1. The standard InChI is InChI=1S/C22H30N6O4S/c1-4-31-13-11-24-20-18-14-25-28(21(18)27-22(26-20)33-5-2)12-10-23-19(29)15-32-17-8-6-16(30-3)7-9-17/h6-9,14H,4-5,10-13,15H2,1-3H3,(H,23,29)(H,24,26,27). The van der Waals surface area contributed by atoms with Gasteiger partial charge in [-0.1, -0.05) is 18.7 Å². The summed E-state index contributed by atoms with van der Waals surface area (Å²) in [7, 11) is 1.60. The zero-order valence-corrected chi connectivity index (χ0v) is 20.0. The van der Waals surface area contributed by atoms with Gasteiger partial charge < -0.3 is 24.8 Å². The number of aromatic nitrogens is 4. The molecule has 0 atom stereocenters. The molecule has 0 radical (unpaired) electrons. The normalized spacial score (nSPS) is 10.9. The van der Waals surface area contributed by atoms with Crippen LogP contribution in [-0.2, 0) is 16.1 Å². The fourth-order valence-electron chi connectivity index (χ4n) is 2.99. The summed E-state index contributed by atoms with van der Waals surface area (Å²) in [5.41, 5.74) is 0.726. The van der Waals surface area contributed by atoms with Crippen LogP contribution in [0.5, 0.6) is 11.5 Å². The summed E-state index contributed by atoms with van der Waals surface area (Å²) in [6.45, 7) is 6.74. The molecule has 1 amide bonds. The number of hydrogen-bond donors (Lipinski definition) is 2. The zero-order valence-electron chi connectivity index (χ0n) is 19.2. The van der Waals surface area contributed by atoms with Gasteiger partial charge in [0.1, 0.15) is 17.3 Å². The number of ether oxygens (including phenoxy) is 3. The van der Waals surface area contributed by atoms with Gasteiger partial charge in [0.15, 0.2) is 17.4 Å². The van der Waals surface area contributed by atoms with Crippen molar-refractivity contribution in [3.63, 3.8) is 0 Å². The summed E-state index contributed by atoms with van der Waals surface area (Å²) >= 11 is 1.57. The molecule has 11 heteroatoms. The van der Waals surface area contributed by atoms with E-state index >= 15 is 0 Å². The molecule has 2 aromatic heterocycles. The molecule has 0 spiro atoms. The lowest BCUT2D eigenvalue weighted by molar-refractivity contribution is -0.123. The highest BCUT2D eigenvalue weighted by Gasteiger charge is 2.13. The van der Waals surface area contributed by atoms with Gasteiger partial charge >= 0.3 is 0 Å². The summed E-state index contributed by atoms with van der Waals surface area (Å²) in [4.78, 5) is 21.4. The van der Waals surface area contributed by atoms with Crippen LogP contribution in [0.2, 0.25) is 0 Å². The summed E-state index contributed by atoms with van der Waals surface area (Å²) < 4.78 is 17.8. The fourth-order valence-corrected chi connectivity index (χ4v) is 3.55. The molecule has 0 fully saturated rings. The molecule has 178 valence electrons. The van der Waals surface area contributed by atoms with Crippen LogP contribution in [0.1, 0.15) is 13.8 Å². The Bertz CT molecular complexity index is 1030. The molecule has 1 aromatic carbocycles. The fraction of sp³-hybridized carbons (Fsp3) is 0.455. The first-order valence-corrected chi connectivity index (χ1v) is 11.8. The van der Waals surface area contributed by atoms with Gasteiger partial charge in [-0.05, 0) is 36.9 Å². The first-order valence-electron chi connectivity index (χ1n) is 10.9. The molecule has 2 N–H and O–H groups in total. The van der Waals surface area contributed by atoms with Crippen molar-refractivity contribution in [3.8, 4) is 11.5 Å². The first kappa shape index (κ1) is 24.6. The number of fused-ring (bicyclic) bond motifs is 1. The summed E-state index contributed by atoms with van der Waals surface area (Å²) in [6, 6.07) is 7.08. The lowest BCUT2D eigenvalue weighted by Gasteiger charge is -2.10. The van der Waals surface area contributed by atoms with Crippen LogP contribution < -0.4 is 20.1 Å². The van der Waals surface area contributed by atoms with Crippen molar-refractivity contribution in [1.82, 2.24) is 25.1 Å². The van der Waals surface area contributed by atoms with Crippen molar-refractivity contribution in [2.75, 3.05) is 51.1 Å². The van der Waals surface area contributed by atoms with E-state index in [2.05, 4.69) is 32.6 Å². The van der Waals surface area contributed by atoms with Gasteiger partial charge in [0.05, 0.1) is 31.8 Å². The van der Waals surface area contributed by atoms with Crippen molar-refractivity contribution >= 4 is 34.5 Å². The molecule has 10 nitrogen and oxygen atoms in total. The average Bonchev–Trinajstić information content (AvgIpc) is 3.24. The number of anilines is 1. The Hall–Kier alpha value is -3.05. The predicted molar refractivity (Wildman–Crippen MR) is 128 cm³/mol. The van der Waals surface area contributed by atoms with Crippen LogP contribution in [0.4, 0.5) is 5.82 Å². The van der Waals surface area contributed by atoms with E-state index in [1.165, 1.54) is 0 Å². The highest BCUT2D eigenvalue weighted by Crippen LogP contribution is 2.24. The first-order chi connectivity index (χ1) is 16.1. The number of methoxy groups -OCH3 is 1. The quantitative estimate of drug-likeness (QED) is 0.207. The van der Waals surface area contributed by atoms with Crippen LogP contribution in [0, 0.1) is 0 Å². The number of hydrogen-bond acceptors (Lipinski definition) is 9. The van der Waals surface area contributed by atoms with E-state index in [0.29, 0.717) is 43.8 Å². The molecule has 3 aromatic rings. The second-order valence-electron chi connectivity index (χ2n) is 6.83. The van der Waals surface area contributed by atoms with Crippen LogP contribution >= 0.6 is 11.8 Å². The van der Waals surface area contributed by atoms with Crippen LogP contribution in [0.3, 0.4) is 0 Å². The summed E-state index contributed by atoms with van der Waals surface area (Å²) in [5.74, 6) is 2.72. The minimum atomic E-state index is -0.211. The maximum atomic E-state index is 12.2. The van der Waals surface area contributed by atoms with E-state index in [4.69, 9.17) is 14.2 Å². The Morgan fingerprint density at radius 1 is 1.12 bits per heavy atom. The van der Waals surface area contributed by atoms with Crippen LogP contribution in [0.15, 0.2) is 35.6 Å². The van der Waals surface area contributed by atoms with Crippen molar-refractivity contribution in [3.05, 3.63) is 30.5 Å². The predicted octanol–water partition coefficient (Wildman–Crippen LogP) is 2.59. The molecule has 0 aliphatic carbocycles. The lowest BCUT2D eigenvalue weighted by atomic mass is 10.3. The van der Waals surface area contributed by atoms with Crippen molar-refractivity contribution in [2.24, 2.45) is 0 Å². The molecular formula is C22H30N6O4S. The highest BCUT2D eigenvalue weighted by atomic mass is 32.2. The molecule has 0 aliphatic heterocycles. The van der Waals surface area contributed by atoms with Crippen LogP contribution in [-0.4, -0.2) is 71.4 Å². The van der Waals surface area contributed by atoms with Gasteiger partial charge in [-0.25, -0.2) is 14.6 Å². The van der Waals surface area contributed by atoms with E-state index in [-0.39, 0.29) is 12.5 Å². The van der Waals surface area contributed by atoms with Gasteiger partial charge in [0, 0.05) is 19.7 Å². The van der Waals surface area contributed by atoms with Crippen molar-refractivity contribution < 1.29 is 19.0 Å². The van der Waals surface area contributed by atoms with E-state index < -0.39 is 0 Å². The lowest BCUT2D eigenvalue weighted by Crippen LogP contribution is -2.31. The molecule has 33 heavy (non-hydrogen) atoms. The van der Waals surface area contributed by atoms with Gasteiger partial charge in [0.25, 0.3) is 5.91 Å². The summed E-state index contributed by atoms with van der Waals surface area (Å²) in [6.07, 6.45) is 1.74. The third kappa shape index (κ3) is 7.22. The maximum Gasteiger partial charge on any atom is 0.258 e. The Labute approximate surface area is 197 Å². The van der Waals surface area contributed by atoms with Crippen molar-refractivity contribution in [1.29, 1.82) is 0 Å². The number of carbonyl (C=O) groups excluding carboxylic acids is 1. The molecule has 0 aliphatic rings. The smallest absolute Gasteiger partial charge is 0.258 e. The molecule has 3 rings (SSSR count). The molecule has 0 bridgehead atoms. The van der Waals surface area contributed by atoms with Crippen LogP contribution in [0.25, 0.3) is 11.0 Å². The van der Waals surface area contributed by atoms with Gasteiger partial charge in [-0.2, -0.15) is 5.10 Å². The second kappa shape index (κ2) is 12.9. The number of rotatable bonds is 14. The maximum absolute atomic E-state index is 12.2. The average molecular weight is 475 g/mol. The minimum absolute atomic E-state index is 0.0699. The Morgan fingerprint density at radius 3 is 2.64 bits per heavy atom. The third-order valence-corrected chi connectivity index (χ3v) is 5.30. The van der Waals surface area contributed by atoms with Gasteiger partial charge in [-0.3, -0.25) is 4.79 Å². The number of benzene rings is 1. The number of nitrogens with one attached hydrogen (secondary N) is 2. The Morgan fingerprint density at radius 2 is 1.91 bits per heavy atom. The van der Waals surface area contributed by atoms with E-state index in [1.807, 2.05) is 6.92 Å². The van der Waals surface area contributed by atoms with Gasteiger partial charge in [0.2, 0.25) is 0 Å². The Kier molecular flexibility index (Phi) is 9.58. The number of carbonyl (C=O) groups is 1. The highest BCUT2D eigenvalue weighted by molar-refractivity contribution is 7.99. The van der Waals surface area contributed by atoms with E-state index in [9.17, 15) is 4.79 Å². The Balaban J connectivity index is 1.56. The molecular weight excluding hydrogens is 444 g/mol. The minimum Gasteiger partial charge on any atom is -0.497 e. The van der Waals surface area contributed by atoms with Gasteiger partial charge in [-0.15, -0.1) is 0 Å². The molecule has 2 heterocycles. The number of nitrogens with zero attached hydrogens (tertiary/aromatic N) is 4. The van der Waals surface area contributed by atoms with Crippen molar-refractivity contribution in [2.45, 2.75) is 25.5 Å². The number of amides is 1. The SMILES string of the molecule is CCOCCNc1nc(SCC)nc2c1cnn2CCNC(=O)COc1ccc(OC)cc1. The molecule has 0 saturated heterocycles. The molecule has 0 saturated carbocycles. The third-order valence-electron chi connectivity index (χ3n) is 4.57. The molecule has 0 unspecified atom stereocenters. The largest absolute Gasteiger partial charge is 0.497 e. The zero-order chi connectivity index (χ0) is 23.5. The van der Waals surface area contributed by atoms with E-state index in [1.54, 1.807) is 54.0 Å².